The number of fused-ring (bicyclic) bond motifs is 1. The molecule has 1 atom stereocenters. The number of aromatic nitrogens is 1. The number of anilines is 2. The van der Waals surface area contributed by atoms with Crippen molar-refractivity contribution in [3.63, 3.8) is 0 Å². The largest absolute Gasteiger partial charge is 0.486 e. The molecule has 0 radical (unpaired) electrons. The van der Waals surface area contributed by atoms with Crippen LogP contribution in [0.2, 0.25) is 0 Å². The van der Waals surface area contributed by atoms with Crippen molar-refractivity contribution >= 4 is 34.0 Å². The van der Waals surface area contributed by atoms with Crippen molar-refractivity contribution < 1.29 is 23.5 Å². The lowest BCUT2D eigenvalue weighted by molar-refractivity contribution is -0.122. The minimum atomic E-state index is -0.487. The van der Waals surface area contributed by atoms with Crippen LogP contribution in [0.4, 0.5) is 15.2 Å². The van der Waals surface area contributed by atoms with Gasteiger partial charge < -0.3 is 19.7 Å². The van der Waals surface area contributed by atoms with Crippen LogP contribution in [0.15, 0.2) is 47.8 Å². The Bertz CT molecular complexity index is 1150. The number of nitrogens with zero attached hydrogens (tertiary/aromatic N) is 2. The first-order valence-corrected chi connectivity index (χ1v) is 10.7. The number of hydrogen-bond donors (Lipinski definition) is 1. The highest BCUT2D eigenvalue weighted by Gasteiger charge is 2.36. The average molecular weight is 439 g/mol. The van der Waals surface area contributed by atoms with E-state index < -0.39 is 5.92 Å². The summed E-state index contributed by atoms with van der Waals surface area (Å²) < 4.78 is 24.2. The van der Waals surface area contributed by atoms with E-state index in [1.165, 1.54) is 23.5 Å². The van der Waals surface area contributed by atoms with Gasteiger partial charge >= 0.3 is 0 Å². The van der Waals surface area contributed by atoms with Crippen molar-refractivity contribution in [3.8, 4) is 22.8 Å². The zero-order valence-corrected chi connectivity index (χ0v) is 17.2. The van der Waals surface area contributed by atoms with Gasteiger partial charge in [-0.05, 0) is 36.4 Å². The molecule has 1 N–H and O–H groups in total. The summed E-state index contributed by atoms with van der Waals surface area (Å²) in [6.07, 6.45) is 0.121. The molecule has 2 aliphatic heterocycles. The van der Waals surface area contributed by atoms with Crippen LogP contribution in [0.3, 0.4) is 0 Å². The topological polar surface area (TPSA) is 80.8 Å². The maximum absolute atomic E-state index is 13.1. The number of hydrogen-bond acceptors (Lipinski definition) is 6. The van der Waals surface area contributed by atoms with E-state index in [4.69, 9.17) is 9.47 Å². The van der Waals surface area contributed by atoms with Crippen molar-refractivity contribution in [2.75, 3.05) is 30.0 Å². The molecule has 158 valence electrons. The zero-order valence-electron chi connectivity index (χ0n) is 16.3. The van der Waals surface area contributed by atoms with E-state index in [1.807, 2.05) is 0 Å². The Labute approximate surface area is 181 Å². The second-order valence-electron chi connectivity index (χ2n) is 7.27. The van der Waals surface area contributed by atoms with Crippen LogP contribution in [0, 0.1) is 11.7 Å². The SMILES string of the molecule is O=C(Nc1nc(-c2ccc(F)cc2)cs1)C1CC(=O)N(c2ccc3c(c2)OCCO3)C1. The normalized spacial score (nSPS) is 17.6. The van der Waals surface area contributed by atoms with Crippen LogP contribution in [0.1, 0.15) is 6.42 Å². The molecule has 5 rings (SSSR count). The average Bonchev–Trinajstić information content (AvgIpc) is 3.41. The Morgan fingerprint density at radius 2 is 1.90 bits per heavy atom. The maximum atomic E-state index is 13.1. The van der Waals surface area contributed by atoms with Gasteiger partial charge in [0.25, 0.3) is 0 Å². The molecule has 0 saturated carbocycles. The molecule has 9 heteroatoms. The van der Waals surface area contributed by atoms with E-state index in [9.17, 15) is 14.0 Å². The predicted octanol–water partition coefficient (Wildman–Crippen LogP) is 3.71. The van der Waals surface area contributed by atoms with Gasteiger partial charge in [0.1, 0.15) is 19.0 Å². The Morgan fingerprint density at radius 3 is 2.71 bits per heavy atom. The molecular formula is C22H18FN3O4S. The van der Waals surface area contributed by atoms with Crippen LogP contribution < -0.4 is 19.7 Å². The molecule has 0 bridgehead atoms. The van der Waals surface area contributed by atoms with E-state index >= 15 is 0 Å². The van der Waals surface area contributed by atoms with E-state index in [1.54, 1.807) is 40.6 Å². The van der Waals surface area contributed by atoms with Gasteiger partial charge in [0, 0.05) is 35.7 Å². The number of amides is 2. The van der Waals surface area contributed by atoms with Crippen molar-refractivity contribution in [3.05, 3.63) is 53.7 Å². The van der Waals surface area contributed by atoms with Crippen LogP contribution in [-0.4, -0.2) is 36.6 Å². The fourth-order valence-corrected chi connectivity index (χ4v) is 4.35. The summed E-state index contributed by atoms with van der Waals surface area (Å²) in [6.45, 7) is 1.24. The third-order valence-corrected chi connectivity index (χ3v) is 5.97. The second kappa shape index (κ2) is 7.99. The molecule has 1 saturated heterocycles. The quantitative estimate of drug-likeness (QED) is 0.670. The lowest BCUT2D eigenvalue weighted by Crippen LogP contribution is -2.28. The highest BCUT2D eigenvalue weighted by molar-refractivity contribution is 7.14. The summed E-state index contributed by atoms with van der Waals surface area (Å²) >= 11 is 1.28. The number of ether oxygens (including phenoxy) is 2. The van der Waals surface area contributed by atoms with Crippen LogP contribution in [0.25, 0.3) is 11.3 Å². The van der Waals surface area contributed by atoms with E-state index in [2.05, 4.69) is 10.3 Å². The molecule has 2 amide bonds. The van der Waals surface area contributed by atoms with Crippen LogP contribution in [-0.2, 0) is 9.59 Å². The van der Waals surface area contributed by atoms with Gasteiger partial charge in [-0.2, -0.15) is 0 Å². The van der Waals surface area contributed by atoms with Gasteiger partial charge in [-0.15, -0.1) is 11.3 Å². The summed E-state index contributed by atoms with van der Waals surface area (Å²) in [5.41, 5.74) is 2.09. The summed E-state index contributed by atoms with van der Waals surface area (Å²) in [5.74, 6) is 0.0634. The van der Waals surface area contributed by atoms with Crippen LogP contribution >= 0.6 is 11.3 Å². The summed E-state index contributed by atoms with van der Waals surface area (Å²) in [4.78, 5) is 31.3. The van der Waals surface area contributed by atoms with E-state index in [-0.39, 0.29) is 30.6 Å². The van der Waals surface area contributed by atoms with Crippen molar-refractivity contribution in [2.45, 2.75) is 6.42 Å². The molecule has 2 aromatic carbocycles. The van der Waals surface area contributed by atoms with Gasteiger partial charge in [0.15, 0.2) is 16.6 Å². The third kappa shape index (κ3) is 3.96. The number of carbonyl (C=O) groups excluding carboxylic acids is 2. The van der Waals surface area contributed by atoms with Crippen LogP contribution in [0.5, 0.6) is 11.5 Å². The first-order valence-electron chi connectivity index (χ1n) is 9.79. The lowest BCUT2D eigenvalue weighted by Gasteiger charge is -2.22. The minimum Gasteiger partial charge on any atom is -0.486 e. The number of thiazole rings is 1. The number of benzene rings is 2. The molecule has 0 aliphatic carbocycles. The first-order chi connectivity index (χ1) is 15.1. The molecule has 0 spiro atoms. The smallest absolute Gasteiger partial charge is 0.231 e. The van der Waals surface area contributed by atoms with Gasteiger partial charge in [-0.1, -0.05) is 0 Å². The highest BCUT2D eigenvalue weighted by Crippen LogP contribution is 2.36. The molecule has 1 fully saturated rings. The molecule has 3 aromatic rings. The fourth-order valence-electron chi connectivity index (χ4n) is 3.62. The number of nitrogens with one attached hydrogen (secondary N) is 1. The van der Waals surface area contributed by atoms with E-state index in [0.29, 0.717) is 41.2 Å². The number of carbonyl (C=O) groups is 2. The standard InChI is InChI=1S/C22H18FN3O4S/c23-15-3-1-13(2-4-15)17-12-31-22(24-17)25-21(28)14-9-20(27)26(11-14)16-5-6-18-19(10-16)30-8-7-29-18/h1-6,10,12,14H,7-9,11H2,(H,24,25,28). The van der Waals surface area contributed by atoms with Gasteiger partial charge in [-0.25, -0.2) is 9.37 Å². The Balaban J connectivity index is 1.26. The van der Waals surface area contributed by atoms with E-state index in [0.717, 1.165) is 5.56 Å². The summed E-state index contributed by atoms with van der Waals surface area (Å²) in [6, 6.07) is 11.3. The number of halogens is 1. The Hall–Kier alpha value is -3.46. The van der Waals surface area contributed by atoms with Crippen molar-refractivity contribution in [1.29, 1.82) is 0 Å². The lowest BCUT2D eigenvalue weighted by atomic mass is 10.1. The van der Waals surface area contributed by atoms with Gasteiger partial charge in [0.2, 0.25) is 11.8 Å². The Morgan fingerprint density at radius 1 is 1.13 bits per heavy atom. The summed E-state index contributed by atoms with van der Waals surface area (Å²) in [5, 5.41) is 5.03. The van der Waals surface area contributed by atoms with Crippen molar-refractivity contribution in [1.82, 2.24) is 4.98 Å². The zero-order chi connectivity index (χ0) is 21.4. The minimum absolute atomic E-state index is 0.121. The van der Waals surface area contributed by atoms with Gasteiger partial charge in [-0.3, -0.25) is 9.59 Å². The molecule has 1 unspecified atom stereocenters. The van der Waals surface area contributed by atoms with Gasteiger partial charge in [0.05, 0.1) is 11.6 Å². The number of rotatable bonds is 4. The second-order valence-corrected chi connectivity index (χ2v) is 8.13. The highest BCUT2D eigenvalue weighted by atomic mass is 32.1. The molecule has 7 nitrogen and oxygen atoms in total. The predicted molar refractivity (Wildman–Crippen MR) is 114 cm³/mol. The molecule has 1 aromatic heterocycles. The molecule has 31 heavy (non-hydrogen) atoms. The summed E-state index contributed by atoms with van der Waals surface area (Å²) in [7, 11) is 0. The molecule has 2 aliphatic rings. The fraction of sp³-hybridized carbons (Fsp3) is 0.227. The Kier molecular flexibility index (Phi) is 5.03. The molecule has 3 heterocycles. The van der Waals surface area contributed by atoms with Crippen molar-refractivity contribution in [2.24, 2.45) is 5.92 Å². The maximum Gasteiger partial charge on any atom is 0.231 e. The molecular weight excluding hydrogens is 421 g/mol. The third-order valence-electron chi connectivity index (χ3n) is 5.21. The monoisotopic (exact) mass is 439 g/mol. The first kappa shape index (κ1) is 19.5.